The minimum atomic E-state index is 0.809. The summed E-state index contributed by atoms with van der Waals surface area (Å²) in [5.41, 5.74) is 9.53. The number of aromatic nitrogens is 5. The highest BCUT2D eigenvalue weighted by atomic mass is 15.0. The van der Waals surface area contributed by atoms with Gasteiger partial charge in [0.05, 0.1) is 11.2 Å². The summed E-state index contributed by atoms with van der Waals surface area (Å²) in [6.45, 7) is 0. The number of para-hydroxylation sites is 1. The van der Waals surface area contributed by atoms with Crippen molar-refractivity contribution in [3.05, 3.63) is 128 Å². The zero-order valence-electron chi connectivity index (χ0n) is 20.9. The maximum atomic E-state index is 5.33. The van der Waals surface area contributed by atoms with Crippen molar-refractivity contribution in [3.63, 3.8) is 0 Å². The summed E-state index contributed by atoms with van der Waals surface area (Å²) < 4.78 is 2.19. The lowest BCUT2D eigenvalue weighted by Crippen LogP contribution is -1.96. The Morgan fingerprint density at radius 2 is 1.46 bits per heavy atom. The summed E-state index contributed by atoms with van der Waals surface area (Å²) in [6, 6.07) is 35.4. The van der Waals surface area contributed by atoms with E-state index < -0.39 is 0 Å². The lowest BCUT2D eigenvalue weighted by molar-refractivity contribution is 1.21. The van der Waals surface area contributed by atoms with Crippen molar-refractivity contribution in [1.82, 2.24) is 24.3 Å². The molecule has 0 unspecified atom stereocenters. The summed E-state index contributed by atoms with van der Waals surface area (Å²) >= 11 is 0. The lowest BCUT2D eigenvalue weighted by Gasteiger charge is -2.12. The number of hydrogen-bond donors (Lipinski definition) is 0. The van der Waals surface area contributed by atoms with Gasteiger partial charge in [-0.15, -0.1) is 0 Å². The Morgan fingerprint density at radius 3 is 2.33 bits per heavy atom. The minimum Gasteiger partial charge on any atom is -0.296 e. The van der Waals surface area contributed by atoms with E-state index in [0.717, 1.165) is 61.2 Å². The van der Waals surface area contributed by atoms with E-state index in [1.807, 2.05) is 54.9 Å². The summed E-state index contributed by atoms with van der Waals surface area (Å²) in [7, 11) is 0. The standard InChI is InChI=1S/C34H21N5/c1-2-12-25-22(9-1)10-7-14-26(25)28-19-24(23-11-8-17-35-20-23)21-39-33-31(38-34(28)39)27-13-3-4-15-29(27)37-32(33)30-16-5-6-18-36-30/h1-21H. The van der Waals surface area contributed by atoms with E-state index in [-0.39, 0.29) is 0 Å². The molecule has 0 aliphatic rings. The average molecular weight is 500 g/mol. The topological polar surface area (TPSA) is 56.0 Å². The van der Waals surface area contributed by atoms with Crippen LogP contribution in [-0.4, -0.2) is 24.3 Å². The molecule has 0 spiro atoms. The quantitative estimate of drug-likeness (QED) is 0.247. The molecule has 0 N–H and O–H groups in total. The van der Waals surface area contributed by atoms with Crippen LogP contribution in [0.4, 0.5) is 0 Å². The highest BCUT2D eigenvalue weighted by molar-refractivity contribution is 6.10. The number of imidazole rings is 1. The average Bonchev–Trinajstić information content (AvgIpc) is 3.41. The first-order valence-electron chi connectivity index (χ1n) is 12.9. The summed E-state index contributed by atoms with van der Waals surface area (Å²) in [5, 5.41) is 3.39. The predicted octanol–water partition coefficient (Wildman–Crippen LogP) is 7.98. The smallest absolute Gasteiger partial charge is 0.145 e. The molecular formula is C34H21N5. The number of fused-ring (bicyclic) bond motifs is 6. The van der Waals surface area contributed by atoms with Crippen LogP contribution in [0.1, 0.15) is 0 Å². The first-order chi connectivity index (χ1) is 19.3. The first-order valence-corrected chi connectivity index (χ1v) is 12.9. The van der Waals surface area contributed by atoms with Gasteiger partial charge in [-0.1, -0.05) is 72.8 Å². The third-order valence-corrected chi connectivity index (χ3v) is 7.32. The van der Waals surface area contributed by atoms with Crippen molar-refractivity contribution in [2.24, 2.45) is 0 Å². The van der Waals surface area contributed by atoms with Crippen LogP contribution in [0.15, 0.2) is 128 Å². The van der Waals surface area contributed by atoms with E-state index >= 15 is 0 Å². The second kappa shape index (κ2) is 8.57. The second-order valence-electron chi connectivity index (χ2n) is 9.61. The fraction of sp³-hybridized carbons (Fsp3) is 0. The molecule has 5 nitrogen and oxygen atoms in total. The molecule has 0 bridgehead atoms. The molecule has 0 saturated carbocycles. The Morgan fingerprint density at radius 1 is 0.615 bits per heavy atom. The summed E-state index contributed by atoms with van der Waals surface area (Å²) in [4.78, 5) is 19.5. The van der Waals surface area contributed by atoms with Crippen LogP contribution < -0.4 is 0 Å². The molecule has 8 rings (SSSR count). The number of hydrogen-bond acceptors (Lipinski definition) is 4. The molecule has 0 aliphatic heterocycles. The highest BCUT2D eigenvalue weighted by Crippen LogP contribution is 2.39. The third-order valence-electron chi connectivity index (χ3n) is 7.32. The van der Waals surface area contributed by atoms with Gasteiger partial charge in [-0.3, -0.25) is 14.4 Å². The van der Waals surface area contributed by atoms with Gasteiger partial charge in [0.15, 0.2) is 0 Å². The van der Waals surface area contributed by atoms with E-state index in [2.05, 4.69) is 81.2 Å². The largest absolute Gasteiger partial charge is 0.296 e. The van der Waals surface area contributed by atoms with Crippen LogP contribution in [0, 0.1) is 0 Å². The monoisotopic (exact) mass is 499 g/mol. The first kappa shape index (κ1) is 21.6. The molecule has 0 saturated heterocycles. The van der Waals surface area contributed by atoms with Gasteiger partial charge in [0.25, 0.3) is 0 Å². The van der Waals surface area contributed by atoms with Crippen molar-refractivity contribution in [1.29, 1.82) is 0 Å². The molecule has 0 atom stereocenters. The molecule has 0 amide bonds. The van der Waals surface area contributed by atoms with Crippen molar-refractivity contribution in [2.45, 2.75) is 0 Å². The third kappa shape index (κ3) is 3.41. The van der Waals surface area contributed by atoms with Crippen molar-refractivity contribution < 1.29 is 0 Å². The zero-order valence-corrected chi connectivity index (χ0v) is 20.9. The van der Waals surface area contributed by atoms with E-state index in [9.17, 15) is 0 Å². The van der Waals surface area contributed by atoms with Crippen LogP contribution in [0.3, 0.4) is 0 Å². The van der Waals surface area contributed by atoms with Crippen LogP contribution in [0.5, 0.6) is 0 Å². The van der Waals surface area contributed by atoms with Crippen LogP contribution in [-0.2, 0) is 0 Å². The predicted molar refractivity (Wildman–Crippen MR) is 157 cm³/mol. The van der Waals surface area contributed by atoms with Gasteiger partial charge in [-0.25, -0.2) is 9.97 Å². The minimum absolute atomic E-state index is 0.809. The number of benzene rings is 3. The number of rotatable bonds is 3. The molecule has 182 valence electrons. The normalized spacial score (nSPS) is 11.6. The maximum absolute atomic E-state index is 5.33. The van der Waals surface area contributed by atoms with Gasteiger partial charge in [0, 0.05) is 46.9 Å². The molecule has 5 heteroatoms. The molecule has 0 radical (unpaired) electrons. The van der Waals surface area contributed by atoms with E-state index in [1.165, 1.54) is 10.8 Å². The van der Waals surface area contributed by atoms with E-state index in [4.69, 9.17) is 9.97 Å². The van der Waals surface area contributed by atoms with Crippen LogP contribution in [0.2, 0.25) is 0 Å². The second-order valence-corrected chi connectivity index (χ2v) is 9.61. The van der Waals surface area contributed by atoms with Crippen molar-refractivity contribution >= 4 is 38.4 Å². The Hall–Kier alpha value is -5.42. The van der Waals surface area contributed by atoms with Crippen molar-refractivity contribution in [3.8, 4) is 33.6 Å². The molecule has 39 heavy (non-hydrogen) atoms. The molecule has 8 aromatic rings. The van der Waals surface area contributed by atoms with Crippen LogP contribution in [0.25, 0.3) is 72.0 Å². The Labute approximate surface area is 224 Å². The van der Waals surface area contributed by atoms with Crippen molar-refractivity contribution in [2.75, 3.05) is 0 Å². The van der Waals surface area contributed by atoms with E-state index in [0.29, 0.717) is 0 Å². The highest BCUT2D eigenvalue weighted by Gasteiger charge is 2.21. The fourth-order valence-corrected chi connectivity index (χ4v) is 5.53. The molecule has 3 aromatic carbocycles. The molecule has 5 aromatic heterocycles. The molecule has 0 fully saturated rings. The Kier molecular flexibility index (Phi) is 4.76. The van der Waals surface area contributed by atoms with Gasteiger partial charge in [0.2, 0.25) is 0 Å². The van der Waals surface area contributed by atoms with Gasteiger partial charge < -0.3 is 0 Å². The molecule has 5 heterocycles. The van der Waals surface area contributed by atoms with Gasteiger partial charge >= 0.3 is 0 Å². The van der Waals surface area contributed by atoms with Gasteiger partial charge in [-0.05, 0) is 46.7 Å². The number of pyridine rings is 4. The Bertz CT molecular complexity index is 2160. The SMILES string of the molecule is c1ccc(-c2nc3ccccc3c3nc4c(-c5cccc6ccccc56)cc(-c5cccnc5)cn4c23)nc1. The molecule has 0 aliphatic carbocycles. The van der Waals surface area contributed by atoms with Gasteiger partial charge in [0.1, 0.15) is 22.4 Å². The maximum Gasteiger partial charge on any atom is 0.145 e. The van der Waals surface area contributed by atoms with Gasteiger partial charge in [-0.2, -0.15) is 0 Å². The summed E-state index contributed by atoms with van der Waals surface area (Å²) in [6.07, 6.45) is 7.67. The number of nitrogens with zero attached hydrogens (tertiary/aromatic N) is 5. The summed E-state index contributed by atoms with van der Waals surface area (Å²) in [5.74, 6) is 0. The zero-order chi connectivity index (χ0) is 25.8. The van der Waals surface area contributed by atoms with E-state index in [1.54, 1.807) is 6.20 Å². The lowest BCUT2D eigenvalue weighted by atomic mass is 9.97. The Balaban J connectivity index is 1.58. The van der Waals surface area contributed by atoms with Crippen LogP contribution >= 0.6 is 0 Å². The fourth-order valence-electron chi connectivity index (χ4n) is 5.53. The molecular weight excluding hydrogens is 478 g/mol.